The smallest absolute Gasteiger partial charge is 0.265 e. The molecule has 4 nitrogen and oxygen atoms in total. The minimum absolute atomic E-state index is 0.164. The Labute approximate surface area is 119 Å². The molecule has 0 atom stereocenters. The Bertz CT molecular complexity index is 607. The van der Waals surface area contributed by atoms with Crippen LogP contribution in [0.3, 0.4) is 0 Å². The van der Waals surface area contributed by atoms with Gasteiger partial charge in [0.1, 0.15) is 0 Å². The van der Waals surface area contributed by atoms with Crippen LogP contribution in [0.4, 0.5) is 5.69 Å². The molecule has 1 aromatic carbocycles. The minimum atomic E-state index is -0.218. The first-order chi connectivity index (χ1) is 9.10. The van der Waals surface area contributed by atoms with Crippen molar-refractivity contribution in [1.82, 2.24) is 5.32 Å². The normalized spacial score (nSPS) is 10.0. The van der Waals surface area contributed by atoms with Crippen molar-refractivity contribution >= 4 is 40.4 Å². The number of thiophene rings is 1. The lowest BCUT2D eigenvalue weighted by Gasteiger charge is -2.04. The van der Waals surface area contributed by atoms with E-state index in [1.165, 1.54) is 11.3 Å². The van der Waals surface area contributed by atoms with Gasteiger partial charge in [-0.25, -0.2) is 0 Å². The quantitative estimate of drug-likeness (QED) is 0.914. The van der Waals surface area contributed by atoms with Gasteiger partial charge in [0.05, 0.1) is 9.21 Å². The Kier molecular flexibility index (Phi) is 4.19. The van der Waals surface area contributed by atoms with Crippen LogP contribution in [0.25, 0.3) is 0 Å². The molecule has 0 fully saturated rings. The van der Waals surface area contributed by atoms with Crippen LogP contribution < -0.4 is 10.6 Å². The van der Waals surface area contributed by atoms with Crippen LogP contribution in [0.15, 0.2) is 36.4 Å². The van der Waals surface area contributed by atoms with Crippen LogP contribution in [0, 0.1) is 0 Å². The predicted molar refractivity (Wildman–Crippen MR) is 77.1 cm³/mol. The Morgan fingerprint density at radius 3 is 2.26 bits per heavy atom. The number of hydrogen-bond acceptors (Lipinski definition) is 3. The summed E-state index contributed by atoms with van der Waals surface area (Å²) in [6.07, 6.45) is 0. The SMILES string of the molecule is CNC(=O)c1ccc(NC(=O)c2ccc(Cl)s2)cc1. The van der Waals surface area contributed by atoms with E-state index in [0.29, 0.717) is 20.5 Å². The van der Waals surface area contributed by atoms with E-state index in [2.05, 4.69) is 10.6 Å². The molecule has 2 rings (SSSR count). The molecular formula is C13H11ClN2O2S. The van der Waals surface area contributed by atoms with Gasteiger partial charge >= 0.3 is 0 Å². The molecule has 0 unspecified atom stereocenters. The van der Waals surface area contributed by atoms with Crippen molar-refractivity contribution in [3.05, 3.63) is 51.2 Å². The maximum absolute atomic E-state index is 11.9. The molecule has 0 saturated carbocycles. The second-order valence-corrected chi connectivity index (χ2v) is 5.43. The molecule has 19 heavy (non-hydrogen) atoms. The molecule has 0 aliphatic rings. The van der Waals surface area contributed by atoms with Crippen molar-refractivity contribution in [2.45, 2.75) is 0 Å². The minimum Gasteiger partial charge on any atom is -0.355 e. The number of benzene rings is 1. The summed E-state index contributed by atoms with van der Waals surface area (Å²) in [6, 6.07) is 10.00. The molecule has 2 N–H and O–H groups in total. The lowest BCUT2D eigenvalue weighted by atomic mass is 10.2. The number of carbonyl (C=O) groups excluding carboxylic acids is 2. The van der Waals surface area contributed by atoms with E-state index < -0.39 is 0 Å². The van der Waals surface area contributed by atoms with Crippen LogP contribution in [0.5, 0.6) is 0 Å². The number of carbonyl (C=O) groups is 2. The summed E-state index contributed by atoms with van der Waals surface area (Å²) in [6.45, 7) is 0. The van der Waals surface area contributed by atoms with E-state index >= 15 is 0 Å². The molecule has 1 aromatic heterocycles. The monoisotopic (exact) mass is 294 g/mol. The number of amides is 2. The second kappa shape index (κ2) is 5.86. The van der Waals surface area contributed by atoms with Crippen molar-refractivity contribution < 1.29 is 9.59 Å². The number of anilines is 1. The molecule has 2 aromatic rings. The van der Waals surface area contributed by atoms with Crippen LogP contribution in [0.2, 0.25) is 4.34 Å². The number of hydrogen-bond donors (Lipinski definition) is 2. The van der Waals surface area contributed by atoms with Gasteiger partial charge in [-0.15, -0.1) is 11.3 Å². The Morgan fingerprint density at radius 1 is 1.05 bits per heavy atom. The van der Waals surface area contributed by atoms with Crippen LogP contribution >= 0.6 is 22.9 Å². The average Bonchev–Trinajstić information content (AvgIpc) is 2.85. The molecule has 6 heteroatoms. The fourth-order valence-electron chi connectivity index (χ4n) is 1.48. The number of rotatable bonds is 3. The van der Waals surface area contributed by atoms with E-state index in [9.17, 15) is 9.59 Å². The summed E-state index contributed by atoms with van der Waals surface area (Å²) in [4.78, 5) is 23.8. The van der Waals surface area contributed by atoms with E-state index in [4.69, 9.17) is 11.6 Å². The summed E-state index contributed by atoms with van der Waals surface area (Å²) < 4.78 is 0.570. The van der Waals surface area contributed by atoms with Crippen molar-refractivity contribution in [3.63, 3.8) is 0 Å². The molecule has 0 radical (unpaired) electrons. The Hall–Kier alpha value is -1.85. The highest BCUT2D eigenvalue weighted by atomic mass is 35.5. The van der Waals surface area contributed by atoms with Crippen LogP contribution in [-0.4, -0.2) is 18.9 Å². The Morgan fingerprint density at radius 2 is 1.74 bits per heavy atom. The zero-order valence-electron chi connectivity index (χ0n) is 10.1. The molecule has 0 spiro atoms. The summed E-state index contributed by atoms with van der Waals surface area (Å²) in [5, 5.41) is 5.27. The van der Waals surface area contributed by atoms with Gasteiger partial charge < -0.3 is 10.6 Å². The van der Waals surface area contributed by atoms with E-state index in [1.807, 2.05) is 0 Å². The first kappa shape index (κ1) is 13.6. The van der Waals surface area contributed by atoms with Gasteiger partial charge in [0, 0.05) is 18.3 Å². The van der Waals surface area contributed by atoms with Crippen molar-refractivity contribution in [2.24, 2.45) is 0 Å². The highest BCUT2D eigenvalue weighted by molar-refractivity contribution is 7.18. The largest absolute Gasteiger partial charge is 0.355 e. The van der Waals surface area contributed by atoms with Gasteiger partial charge in [-0.2, -0.15) is 0 Å². The fourth-order valence-corrected chi connectivity index (χ4v) is 2.42. The van der Waals surface area contributed by atoms with E-state index in [0.717, 1.165) is 0 Å². The summed E-state index contributed by atoms with van der Waals surface area (Å²) in [5.74, 6) is -0.382. The fraction of sp³-hybridized carbons (Fsp3) is 0.0769. The highest BCUT2D eigenvalue weighted by Gasteiger charge is 2.09. The molecule has 0 saturated heterocycles. The summed E-state index contributed by atoms with van der Waals surface area (Å²) in [5.41, 5.74) is 1.17. The number of nitrogens with one attached hydrogen (secondary N) is 2. The predicted octanol–water partition coefficient (Wildman–Crippen LogP) is 3.01. The van der Waals surface area contributed by atoms with Crippen LogP contribution in [-0.2, 0) is 0 Å². The first-order valence-electron chi connectivity index (χ1n) is 5.49. The molecule has 1 heterocycles. The first-order valence-corrected chi connectivity index (χ1v) is 6.68. The lowest BCUT2D eigenvalue weighted by molar-refractivity contribution is 0.0962. The Balaban J connectivity index is 2.07. The average molecular weight is 295 g/mol. The van der Waals surface area contributed by atoms with Crippen LogP contribution in [0.1, 0.15) is 20.0 Å². The van der Waals surface area contributed by atoms with Crippen molar-refractivity contribution in [2.75, 3.05) is 12.4 Å². The standard InChI is InChI=1S/C13H11ClN2O2S/c1-15-12(17)8-2-4-9(5-3-8)16-13(18)10-6-7-11(14)19-10/h2-7H,1H3,(H,15,17)(H,16,18). The third kappa shape index (κ3) is 3.33. The second-order valence-electron chi connectivity index (χ2n) is 3.71. The molecule has 0 aliphatic carbocycles. The lowest BCUT2D eigenvalue weighted by Crippen LogP contribution is -2.17. The van der Waals surface area contributed by atoms with Crippen molar-refractivity contribution in [1.29, 1.82) is 0 Å². The third-order valence-corrected chi connectivity index (χ3v) is 3.66. The summed E-state index contributed by atoms with van der Waals surface area (Å²) >= 11 is 6.99. The third-order valence-electron chi connectivity index (χ3n) is 2.43. The molecule has 2 amide bonds. The van der Waals surface area contributed by atoms with Gasteiger partial charge in [0.15, 0.2) is 0 Å². The molecule has 98 valence electrons. The maximum Gasteiger partial charge on any atom is 0.265 e. The molecule has 0 bridgehead atoms. The highest BCUT2D eigenvalue weighted by Crippen LogP contribution is 2.22. The van der Waals surface area contributed by atoms with Gasteiger partial charge in [-0.3, -0.25) is 9.59 Å². The van der Waals surface area contributed by atoms with Gasteiger partial charge in [-0.1, -0.05) is 11.6 Å². The van der Waals surface area contributed by atoms with E-state index in [-0.39, 0.29) is 11.8 Å². The van der Waals surface area contributed by atoms with Gasteiger partial charge in [0.25, 0.3) is 11.8 Å². The van der Waals surface area contributed by atoms with Crippen molar-refractivity contribution in [3.8, 4) is 0 Å². The van der Waals surface area contributed by atoms with E-state index in [1.54, 1.807) is 43.4 Å². The number of halogens is 1. The van der Waals surface area contributed by atoms with Gasteiger partial charge in [0.2, 0.25) is 0 Å². The molecular weight excluding hydrogens is 284 g/mol. The van der Waals surface area contributed by atoms with Gasteiger partial charge in [-0.05, 0) is 36.4 Å². The topological polar surface area (TPSA) is 58.2 Å². The zero-order chi connectivity index (χ0) is 13.8. The molecule has 0 aliphatic heterocycles. The maximum atomic E-state index is 11.9. The summed E-state index contributed by atoms with van der Waals surface area (Å²) in [7, 11) is 1.57. The zero-order valence-corrected chi connectivity index (χ0v) is 11.6.